The number of furan rings is 2. The van der Waals surface area contributed by atoms with Crippen molar-refractivity contribution in [3.63, 3.8) is 0 Å². The van der Waals surface area contributed by atoms with Crippen molar-refractivity contribution < 1.29 is 8.83 Å². The molecule has 0 aliphatic heterocycles. The Morgan fingerprint density at radius 2 is 0.896 bits per heavy atom. The average molecular weight is 612 g/mol. The van der Waals surface area contributed by atoms with Gasteiger partial charge in [-0.25, -0.2) is 0 Å². The highest BCUT2D eigenvalue weighted by Gasteiger charge is 2.22. The van der Waals surface area contributed by atoms with Gasteiger partial charge < -0.3 is 8.83 Å². The van der Waals surface area contributed by atoms with Gasteiger partial charge in [0.05, 0.1) is 0 Å². The lowest BCUT2D eigenvalue weighted by atomic mass is 9.84. The topological polar surface area (TPSA) is 39.2 Å². The molecule has 0 amide bonds. The summed E-state index contributed by atoms with van der Waals surface area (Å²) in [6.45, 7) is 0. The van der Waals surface area contributed by atoms with Crippen LogP contribution < -0.4 is 0 Å². The van der Waals surface area contributed by atoms with Crippen molar-refractivity contribution >= 4 is 76.2 Å². The summed E-state index contributed by atoms with van der Waals surface area (Å²) in [5.74, 6) is 0. The first kappa shape index (κ1) is 25.7. The van der Waals surface area contributed by atoms with E-state index in [1.54, 1.807) is 0 Å². The first-order valence-corrected chi connectivity index (χ1v) is 16.3. The summed E-state index contributed by atoms with van der Waals surface area (Å²) in [6, 6.07) is 49.8. The Hall–Kier alpha value is -6.45. The van der Waals surface area contributed by atoms with Crippen molar-refractivity contribution in [1.29, 1.82) is 0 Å². The zero-order valence-electron chi connectivity index (χ0n) is 25.7. The maximum Gasteiger partial charge on any atom is 0.143 e. The molecular formula is C45H25NO2. The van der Waals surface area contributed by atoms with E-state index in [0.717, 1.165) is 71.7 Å². The molecule has 8 aromatic carbocycles. The number of benzene rings is 8. The molecule has 11 rings (SSSR count). The van der Waals surface area contributed by atoms with E-state index in [-0.39, 0.29) is 0 Å². The monoisotopic (exact) mass is 611 g/mol. The molecule has 0 aliphatic carbocycles. The minimum Gasteiger partial charge on any atom is -0.455 e. The zero-order chi connectivity index (χ0) is 31.3. The van der Waals surface area contributed by atoms with Crippen LogP contribution >= 0.6 is 0 Å². The summed E-state index contributed by atoms with van der Waals surface area (Å²) >= 11 is 0. The van der Waals surface area contributed by atoms with Crippen LogP contribution in [0.25, 0.3) is 110 Å². The first-order valence-electron chi connectivity index (χ1n) is 16.3. The lowest BCUT2D eigenvalue weighted by Gasteiger charge is -2.19. The van der Waals surface area contributed by atoms with Crippen LogP contribution in [0.3, 0.4) is 0 Å². The molecule has 3 heteroatoms. The predicted octanol–water partition coefficient (Wildman–Crippen LogP) is 12.8. The van der Waals surface area contributed by atoms with E-state index in [1.165, 1.54) is 37.9 Å². The van der Waals surface area contributed by atoms with Gasteiger partial charge >= 0.3 is 0 Å². The SMILES string of the molecule is c1ccc2c(c1)oc1c(-c3ccc4ccc5c(-c6cccc7c6oc6ccccc67)cc(-c6ccncc6)c6ccc3c4c65)cccc12. The van der Waals surface area contributed by atoms with E-state index in [2.05, 4.69) is 126 Å². The minimum absolute atomic E-state index is 0.899. The highest BCUT2D eigenvalue weighted by atomic mass is 16.3. The molecule has 3 heterocycles. The number of nitrogens with zero attached hydrogens (tertiary/aromatic N) is 1. The van der Waals surface area contributed by atoms with E-state index in [9.17, 15) is 0 Å². The molecule has 0 N–H and O–H groups in total. The van der Waals surface area contributed by atoms with E-state index < -0.39 is 0 Å². The van der Waals surface area contributed by atoms with Gasteiger partial charge in [-0.15, -0.1) is 0 Å². The second kappa shape index (κ2) is 9.54. The standard InChI is InChI=1S/C45H25NO2/c1-3-13-40-29(7-1)35-10-5-9-34(44(35)47-40)28-17-15-27-16-18-33-39(37-12-6-11-36-30-8-2-4-14-41(30)48-45(36)37)25-38(26-21-23-46-24-22-26)32-20-19-31(28)42(27)43(32)33/h1-25H. The maximum atomic E-state index is 6.60. The summed E-state index contributed by atoms with van der Waals surface area (Å²) in [6.07, 6.45) is 3.75. The van der Waals surface area contributed by atoms with Crippen LogP contribution in [0.1, 0.15) is 0 Å². The highest BCUT2D eigenvalue weighted by Crippen LogP contribution is 2.48. The van der Waals surface area contributed by atoms with Crippen LogP contribution in [-0.2, 0) is 0 Å². The van der Waals surface area contributed by atoms with Gasteiger partial charge in [0.25, 0.3) is 0 Å². The van der Waals surface area contributed by atoms with E-state index in [4.69, 9.17) is 8.83 Å². The lowest BCUT2D eigenvalue weighted by Crippen LogP contribution is -1.93. The van der Waals surface area contributed by atoms with E-state index in [1.807, 2.05) is 30.6 Å². The fraction of sp³-hybridized carbons (Fsp3) is 0. The number of fused-ring (bicyclic) bond motifs is 6. The Balaban J connectivity index is 1.28. The normalized spacial score (nSPS) is 12.2. The van der Waals surface area contributed by atoms with Crippen LogP contribution in [0.4, 0.5) is 0 Å². The Morgan fingerprint density at radius 3 is 1.58 bits per heavy atom. The minimum atomic E-state index is 0.899. The second-order valence-corrected chi connectivity index (χ2v) is 12.6. The smallest absolute Gasteiger partial charge is 0.143 e. The third kappa shape index (κ3) is 3.45. The molecule has 11 aromatic rings. The Kier molecular flexibility index (Phi) is 5.11. The molecule has 0 atom stereocenters. The van der Waals surface area contributed by atoms with Gasteiger partial charge in [-0.3, -0.25) is 4.98 Å². The summed E-state index contributed by atoms with van der Waals surface area (Å²) in [5, 5.41) is 11.9. The van der Waals surface area contributed by atoms with Crippen molar-refractivity contribution in [2.45, 2.75) is 0 Å². The molecular weight excluding hydrogens is 587 g/mol. The molecule has 0 unspecified atom stereocenters. The quantitative estimate of drug-likeness (QED) is 0.187. The first-order chi connectivity index (χ1) is 23.8. The zero-order valence-corrected chi connectivity index (χ0v) is 25.7. The molecule has 0 saturated carbocycles. The molecule has 0 spiro atoms. The molecule has 0 saturated heterocycles. The summed E-state index contributed by atoms with van der Waals surface area (Å²) in [4.78, 5) is 4.34. The molecule has 0 radical (unpaired) electrons. The van der Waals surface area contributed by atoms with Crippen LogP contribution in [0.15, 0.2) is 161 Å². The van der Waals surface area contributed by atoms with Crippen molar-refractivity contribution in [2.75, 3.05) is 0 Å². The highest BCUT2D eigenvalue weighted by molar-refractivity contribution is 6.31. The third-order valence-electron chi connectivity index (χ3n) is 10.2. The van der Waals surface area contributed by atoms with Crippen LogP contribution in [-0.4, -0.2) is 4.98 Å². The fourth-order valence-corrected chi connectivity index (χ4v) is 8.04. The maximum absolute atomic E-state index is 6.60. The van der Waals surface area contributed by atoms with Gasteiger partial charge in [0, 0.05) is 45.1 Å². The lowest BCUT2D eigenvalue weighted by molar-refractivity contribution is 0.669. The van der Waals surface area contributed by atoms with Gasteiger partial charge in [-0.05, 0) is 84.9 Å². The third-order valence-corrected chi connectivity index (χ3v) is 10.2. The number of para-hydroxylation sites is 4. The van der Waals surface area contributed by atoms with Gasteiger partial charge in [0.2, 0.25) is 0 Å². The van der Waals surface area contributed by atoms with E-state index in [0.29, 0.717) is 0 Å². The van der Waals surface area contributed by atoms with E-state index >= 15 is 0 Å². The summed E-state index contributed by atoms with van der Waals surface area (Å²) in [7, 11) is 0. The summed E-state index contributed by atoms with van der Waals surface area (Å²) in [5.41, 5.74) is 10.4. The number of rotatable bonds is 3. The average Bonchev–Trinajstić information content (AvgIpc) is 3.73. The number of aromatic nitrogens is 1. The fourth-order valence-electron chi connectivity index (χ4n) is 8.04. The molecule has 3 aromatic heterocycles. The largest absolute Gasteiger partial charge is 0.455 e. The molecule has 48 heavy (non-hydrogen) atoms. The number of hydrogen-bond acceptors (Lipinski definition) is 3. The van der Waals surface area contributed by atoms with Crippen molar-refractivity contribution in [3.05, 3.63) is 152 Å². The van der Waals surface area contributed by atoms with Crippen LogP contribution in [0.2, 0.25) is 0 Å². The number of pyridine rings is 1. The van der Waals surface area contributed by atoms with Gasteiger partial charge in [0.1, 0.15) is 22.3 Å². The predicted molar refractivity (Wildman–Crippen MR) is 199 cm³/mol. The molecule has 222 valence electrons. The van der Waals surface area contributed by atoms with Gasteiger partial charge in [-0.1, -0.05) is 109 Å². The van der Waals surface area contributed by atoms with Gasteiger partial charge in [-0.2, -0.15) is 0 Å². The van der Waals surface area contributed by atoms with Crippen molar-refractivity contribution in [2.24, 2.45) is 0 Å². The molecule has 0 bridgehead atoms. The number of hydrogen-bond donors (Lipinski definition) is 0. The van der Waals surface area contributed by atoms with Crippen LogP contribution in [0.5, 0.6) is 0 Å². The van der Waals surface area contributed by atoms with Crippen molar-refractivity contribution in [3.8, 4) is 33.4 Å². The Bertz CT molecular complexity index is 3060. The second-order valence-electron chi connectivity index (χ2n) is 12.6. The van der Waals surface area contributed by atoms with Crippen molar-refractivity contribution in [1.82, 2.24) is 4.98 Å². The summed E-state index contributed by atoms with van der Waals surface area (Å²) < 4.78 is 13.1. The molecule has 0 fully saturated rings. The van der Waals surface area contributed by atoms with Crippen LogP contribution in [0, 0.1) is 0 Å². The Labute approximate surface area is 274 Å². The Morgan fingerprint density at radius 1 is 0.354 bits per heavy atom. The van der Waals surface area contributed by atoms with Gasteiger partial charge in [0.15, 0.2) is 0 Å². The molecule has 3 nitrogen and oxygen atoms in total. The molecule has 0 aliphatic rings.